The molecule has 2 aromatic carbocycles. The van der Waals surface area contributed by atoms with Crippen molar-refractivity contribution in [1.82, 2.24) is 9.80 Å². The number of nitrogens with two attached hydrogens (primary N) is 1. The van der Waals surface area contributed by atoms with Gasteiger partial charge in [-0.1, -0.05) is 54.6 Å². The van der Waals surface area contributed by atoms with E-state index in [2.05, 4.69) is 53.4 Å². The largest absolute Gasteiger partial charge is 0.337 e. The van der Waals surface area contributed by atoms with Gasteiger partial charge < -0.3 is 10.6 Å². The molecule has 0 radical (unpaired) electrons. The van der Waals surface area contributed by atoms with E-state index in [4.69, 9.17) is 5.73 Å². The zero-order valence-corrected chi connectivity index (χ0v) is 14.5. The number of carbonyl (C=O) groups excluding carboxylic acids is 1. The van der Waals surface area contributed by atoms with Crippen LogP contribution in [0.25, 0.3) is 0 Å². The summed E-state index contributed by atoms with van der Waals surface area (Å²) in [5.41, 5.74) is 10.3. The van der Waals surface area contributed by atoms with E-state index >= 15 is 0 Å². The van der Waals surface area contributed by atoms with Crippen molar-refractivity contribution in [3.63, 3.8) is 0 Å². The van der Waals surface area contributed by atoms with Crippen LogP contribution in [0, 0.1) is 0 Å². The summed E-state index contributed by atoms with van der Waals surface area (Å²) in [6.07, 6.45) is 0.952. The van der Waals surface area contributed by atoms with E-state index in [0.717, 1.165) is 32.6 Å². The Labute approximate surface area is 149 Å². The number of carbonyl (C=O) groups is 1. The molecule has 0 spiro atoms. The SMILES string of the molecule is N[C@@H]1CN(CC(=O)N2CCc3ccccc3C2)C[C@H]1c1ccccc1. The van der Waals surface area contributed by atoms with Crippen molar-refractivity contribution in [3.8, 4) is 0 Å². The number of rotatable bonds is 3. The molecule has 4 heteroatoms. The van der Waals surface area contributed by atoms with Gasteiger partial charge in [0.2, 0.25) is 5.91 Å². The molecular weight excluding hydrogens is 310 g/mol. The van der Waals surface area contributed by atoms with Gasteiger partial charge >= 0.3 is 0 Å². The lowest BCUT2D eigenvalue weighted by Crippen LogP contribution is -2.42. The third-order valence-corrected chi connectivity index (χ3v) is 5.51. The van der Waals surface area contributed by atoms with Crippen molar-refractivity contribution >= 4 is 5.91 Å². The number of hydrogen-bond donors (Lipinski definition) is 1. The summed E-state index contributed by atoms with van der Waals surface area (Å²) in [7, 11) is 0. The highest BCUT2D eigenvalue weighted by Crippen LogP contribution is 2.26. The molecule has 2 N–H and O–H groups in total. The van der Waals surface area contributed by atoms with Gasteiger partial charge in [-0.15, -0.1) is 0 Å². The molecule has 4 rings (SSSR count). The highest BCUT2D eigenvalue weighted by molar-refractivity contribution is 5.78. The summed E-state index contributed by atoms with van der Waals surface area (Å²) in [6, 6.07) is 18.9. The van der Waals surface area contributed by atoms with E-state index in [1.807, 2.05) is 11.0 Å². The van der Waals surface area contributed by atoms with Crippen LogP contribution in [-0.4, -0.2) is 47.9 Å². The molecule has 130 valence electrons. The van der Waals surface area contributed by atoms with E-state index in [9.17, 15) is 4.79 Å². The summed E-state index contributed by atoms with van der Waals surface area (Å²) in [6.45, 7) is 3.67. The number of benzene rings is 2. The monoisotopic (exact) mass is 335 g/mol. The first-order valence-electron chi connectivity index (χ1n) is 9.08. The van der Waals surface area contributed by atoms with Crippen molar-refractivity contribution < 1.29 is 4.79 Å². The van der Waals surface area contributed by atoms with E-state index < -0.39 is 0 Å². The predicted molar refractivity (Wildman–Crippen MR) is 99.2 cm³/mol. The van der Waals surface area contributed by atoms with Crippen LogP contribution >= 0.6 is 0 Å². The Balaban J connectivity index is 1.38. The Bertz CT molecular complexity index is 746. The van der Waals surface area contributed by atoms with Crippen LogP contribution in [0.1, 0.15) is 22.6 Å². The molecule has 2 atom stereocenters. The predicted octanol–water partition coefficient (Wildman–Crippen LogP) is 2.00. The molecule has 4 nitrogen and oxygen atoms in total. The Kier molecular flexibility index (Phi) is 4.55. The molecule has 2 heterocycles. The lowest BCUT2D eigenvalue weighted by molar-refractivity contribution is -0.133. The molecule has 0 saturated carbocycles. The first kappa shape index (κ1) is 16.3. The fourth-order valence-corrected chi connectivity index (χ4v) is 4.10. The van der Waals surface area contributed by atoms with Crippen LogP contribution in [0.2, 0.25) is 0 Å². The third kappa shape index (κ3) is 3.46. The minimum Gasteiger partial charge on any atom is -0.337 e. The number of fused-ring (bicyclic) bond motifs is 1. The summed E-state index contributed by atoms with van der Waals surface area (Å²) < 4.78 is 0. The van der Waals surface area contributed by atoms with Crippen molar-refractivity contribution in [2.45, 2.75) is 24.9 Å². The quantitative estimate of drug-likeness (QED) is 0.933. The van der Waals surface area contributed by atoms with Crippen LogP contribution in [0.15, 0.2) is 54.6 Å². The molecule has 1 amide bonds. The van der Waals surface area contributed by atoms with E-state index in [1.165, 1.54) is 16.7 Å². The van der Waals surface area contributed by atoms with Gasteiger partial charge in [-0.3, -0.25) is 9.69 Å². The van der Waals surface area contributed by atoms with Crippen molar-refractivity contribution in [3.05, 3.63) is 71.3 Å². The first-order valence-corrected chi connectivity index (χ1v) is 9.08. The number of likely N-dealkylation sites (tertiary alicyclic amines) is 1. The van der Waals surface area contributed by atoms with E-state index in [1.54, 1.807) is 0 Å². The molecule has 2 aliphatic heterocycles. The van der Waals surface area contributed by atoms with Gasteiger partial charge in [-0.2, -0.15) is 0 Å². The highest BCUT2D eigenvalue weighted by atomic mass is 16.2. The Hall–Kier alpha value is -2.17. The molecular formula is C21H25N3O. The van der Waals surface area contributed by atoms with Crippen molar-refractivity contribution in [1.29, 1.82) is 0 Å². The maximum Gasteiger partial charge on any atom is 0.237 e. The van der Waals surface area contributed by atoms with Crippen molar-refractivity contribution in [2.24, 2.45) is 5.73 Å². The zero-order valence-electron chi connectivity index (χ0n) is 14.5. The van der Waals surface area contributed by atoms with Crippen molar-refractivity contribution in [2.75, 3.05) is 26.2 Å². The van der Waals surface area contributed by atoms with Gasteiger partial charge in [0.15, 0.2) is 0 Å². The topological polar surface area (TPSA) is 49.6 Å². The lowest BCUT2D eigenvalue weighted by atomic mass is 9.95. The molecule has 2 aromatic rings. The van der Waals surface area contributed by atoms with Gasteiger partial charge in [-0.05, 0) is 23.1 Å². The molecule has 25 heavy (non-hydrogen) atoms. The van der Waals surface area contributed by atoms with Crippen LogP contribution in [0.5, 0.6) is 0 Å². The molecule has 0 aliphatic carbocycles. The van der Waals surface area contributed by atoms with Gasteiger partial charge in [0.05, 0.1) is 6.54 Å². The second-order valence-electron chi connectivity index (χ2n) is 7.21. The summed E-state index contributed by atoms with van der Waals surface area (Å²) >= 11 is 0. The lowest BCUT2D eigenvalue weighted by Gasteiger charge is -2.30. The second kappa shape index (κ2) is 6.98. The summed E-state index contributed by atoms with van der Waals surface area (Å²) in [5, 5.41) is 0. The smallest absolute Gasteiger partial charge is 0.237 e. The normalized spacial score (nSPS) is 23.5. The maximum atomic E-state index is 12.8. The average molecular weight is 335 g/mol. The zero-order chi connectivity index (χ0) is 17.2. The van der Waals surface area contributed by atoms with Crippen LogP contribution in [0.3, 0.4) is 0 Å². The molecule has 1 saturated heterocycles. The first-order chi connectivity index (χ1) is 12.2. The van der Waals surface area contributed by atoms with Gasteiger partial charge in [0, 0.05) is 38.1 Å². The number of nitrogens with zero attached hydrogens (tertiary/aromatic N) is 2. The number of hydrogen-bond acceptors (Lipinski definition) is 3. The van der Waals surface area contributed by atoms with Gasteiger partial charge in [0.25, 0.3) is 0 Å². The van der Waals surface area contributed by atoms with Crippen LogP contribution in [-0.2, 0) is 17.8 Å². The standard InChI is InChI=1S/C21H25N3O/c22-20-14-23(13-19(20)17-7-2-1-3-8-17)15-21(25)24-11-10-16-6-4-5-9-18(16)12-24/h1-9,19-20H,10-15,22H2/t19-,20+/m0/s1. The fraction of sp³-hybridized carbons (Fsp3) is 0.381. The average Bonchev–Trinajstić information content (AvgIpc) is 3.02. The van der Waals surface area contributed by atoms with Crippen LogP contribution < -0.4 is 5.73 Å². The second-order valence-corrected chi connectivity index (χ2v) is 7.21. The van der Waals surface area contributed by atoms with E-state index in [0.29, 0.717) is 12.5 Å². The molecule has 0 unspecified atom stereocenters. The summed E-state index contributed by atoms with van der Waals surface area (Å²) in [5.74, 6) is 0.534. The Morgan fingerprint density at radius 2 is 1.72 bits per heavy atom. The third-order valence-electron chi connectivity index (χ3n) is 5.51. The van der Waals surface area contributed by atoms with Gasteiger partial charge in [-0.25, -0.2) is 0 Å². The minimum atomic E-state index is 0.0947. The summed E-state index contributed by atoms with van der Waals surface area (Å²) in [4.78, 5) is 17.0. The number of amides is 1. The minimum absolute atomic E-state index is 0.0947. The van der Waals surface area contributed by atoms with Crippen LogP contribution in [0.4, 0.5) is 0 Å². The van der Waals surface area contributed by atoms with E-state index in [-0.39, 0.29) is 11.9 Å². The maximum absolute atomic E-state index is 12.8. The molecule has 2 aliphatic rings. The Morgan fingerprint density at radius 3 is 2.52 bits per heavy atom. The molecule has 1 fully saturated rings. The fourth-order valence-electron chi connectivity index (χ4n) is 4.10. The highest BCUT2D eigenvalue weighted by Gasteiger charge is 2.33. The Morgan fingerprint density at radius 1 is 1.00 bits per heavy atom. The molecule has 0 aromatic heterocycles. The van der Waals surface area contributed by atoms with Gasteiger partial charge in [0.1, 0.15) is 0 Å². The molecule has 0 bridgehead atoms.